The smallest absolute Gasteiger partial charge is 0.726 e. The van der Waals surface area contributed by atoms with Crippen molar-refractivity contribution in [3.63, 3.8) is 0 Å². The summed E-state index contributed by atoms with van der Waals surface area (Å²) in [5.41, 5.74) is -6.71. The maximum atomic E-state index is 14.3. The number of rotatable bonds is 9. The fourth-order valence-corrected chi connectivity index (χ4v) is 13.3. The third-order valence-electron chi connectivity index (χ3n) is 15.9. The van der Waals surface area contributed by atoms with Crippen LogP contribution in [0.25, 0.3) is 0 Å². The zero-order valence-electron chi connectivity index (χ0n) is 36.0. The Morgan fingerprint density at radius 2 is 1.60 bits per heavy atom. The first kappa shape index (κ1) is 48.8. The van der Waals surface area contributed by atoms with Gasteiger partial charge in [0.1, 0.15) is 53.2 Å². The van der Waals surface area contributed by atoms with Gasteiger partial charge in [-0.1, -0.05) is 51.5 Å². The molecule has 0 aromatic rings. The molecule has 0 amide bonds. The van der Waals surface area contributed by atoms with Crippen LogP contribution in [0.3, 0.4) is 0 Å². The van der Waals surface area contributed by atoms with E-state index in [0.29, 0.717) is 32.1 Å². The first-order chi connectivity index (χ1) is 27.1. The summed E-state index contributed by atoms with van der Waals surface area (Å²) in [5, 5.41) is 78.1. The monoisotopic (exact) mass is 882 g/mol. The normalized spacial score (nSPS) is 50.2. The SMILES string of the molecule is C[C@H]1O[C@@H](O[C@H]2[C@H](O[C@H]3CC[C@]4(C)C5=C[C@@H](O)[C@]67C(=O)O[C@@](C)(C/C=C/C(C)(C)O)[C@@]6(O)CC[C@@]7(C)[C@@H]5CCC4C3(C)C)OC[C@@H](OS(=O)(=O)[O-])[C@@H]2O)[C@H](O)[C@@H](O)[C@@H]1O.[Na+]. The average molecular weight is 883 g/mol. The van der Waals surface area contributed by atoms with E-state index in [1.54, 1.807) is 39.0 Å². The van der Waals surface area contributed by atoms with Crippen molar-refractivity contribution >= 4 is 16.4 Å². The van der Waals surface area contributed by atoms with Gasteiger partial charge in [0, 0.05) is 6.42 Å². The minimum atomic E-state index is -5.30. The Balaban J connectivity index is 0.00000604. The summed E-state index contributed by atoms with van der Waals surface area (Å²) in [7, 11) is -5.30. The number of ether oxygens (including phenoxy) is 5. The Morgan fingerprint density at radius 3 is 2.23 bits per heavy atom. The van der Waals surface area contributed by atoms with Crippen LogP contribution >= 0.6 is 0 Å². The number of esters is 1. The third kappa shape index (κ3) is 7.36. The molecular weight excluding hydrogens is 819 g/mol. The van der Waals surface area contributed by atoms with Gasteiger partial charge in [-0.25, -0.2) is 8.42 Å². The fourth-order valence-electron chi connectivity index (χ4n) is 12.8. The second-order valence-corrected chi connectivity index (χ2v) is 21.1. The van der Waals surface area contributed by atoms with Crippen molar-refractivity contribution in [2.45, 2.75) is 185 Å². The summed E-state index contributed by atoms with van der Waals surface area (Å²) < 4.78 is 69.4. The largest absolute Gasteiger partial charge is 1.00 e. The van der Waals surface area contributed by atoms with E-state index in [0.717, 1.165) is 5.57 Å². The number of carbonyl (C=O) groups is 1. The van der Waals surface area contributed by atoms with Crippen LogP contribution in [0.15, 0.2) is 23.8 Å². The summed E-state index contributed by atoms with van der Waals surface area (Å²) in [6, 6.07) is 0. The molecule has 17 nitrogen and oxygen atoms in total. The maximum absolute atomic E-state index is 14.3. The molecule has 7 N–H and O–H groups in total. The number of fused-ring (bicyclic) bond motifs is 4. The third-order valence-corrected chi connectivity index (χ3v) is 16.4. The summed E-state index contributed by atoms with van der Waals surface area (Å²) in [4.78, 5) is 14.3. The molecule has 1 unspecified atom stereocenters. The van der Waals surface area contributed by atoms with Gasteiger partial charge < -0.3 is 64.0 Å². The molecule has 3 heterocycles. The second-order valence-electron chi connectivity index (χ2n) is 20.1. The van der Waals surface area contributed by atoms with Gasteiger partial charge in [-0.05, 0) is 94.3 Å². The topological polar surface area (TPSA) is 271 Å². The van der Waals surface area contributed by atoms with Crippen molar-refractivity contribution in [1.29, 1.82) is 0 Å². The first-order valence-corrected chi connectivity index (χ1v) is 22.1. The van der Waals surface area contributed by atoms with E-state index in [4.69, 9.17) is 23.7 Å². The van der Waals surface area contributed by atoms with Crippen molar-refractivity contribution < 1.29 is 111 Å². The fraction of sp³-hybridized carbons (Fsp3) is 0.878. The summed E-state index contributed by atoms with van der Waals surface area (Å²) >= 11 is 0. The number of aliphatic hydroxyl groups is 7. The molecule has 7 aliphatic rings. The average Bonchev–Trinajstić information content (AvgIpc) is 3.48. The number of carbonyl (C=O) groups excluding carboxylic acids is 1. The Morgan fingerprint density at radius 1 is 0.933 bits per heavy atom. The minimum absolute atomic E-state index is 0. The Labute approximate surface area is 374 Å². The van der Waals surface area contributed by atoms with Crippen LogP contribution in [0.4, 0.5) is 0 Å². The van der Waals surface area contributed by atoms with Crippen LogP contribution in [0.1, 0.15) is 100 Å². The first-order valence-electron chi connectivity index (χ1n) is 20.8. The Bertz CT molecular complexity index is 1820. The molecule has 19 heteroatoms. The molecule has 336 valence electrons. The molecule has 18 atom stereocenters. The Kier molecular flexibility index (Phi) is 13.1. The molecular formula is C41H63NaO17S. The van der Waals surface area contributed by atoms with Crippen molar-refractivity contribution in [3.05, 3.63) is 23.8 Å². The minimum Gasteiger partial charge on any atom is -0.726 e. The molecule has 0 bridgehead atoms. The predicted octanol–water partition coefficient (Wildman–Crippen LogP) is -2.15. The van der Waals surface area contributed by atoms with Gasteiger partial charge >= 0.3 is 35.5 Å². The standard InChI is InChI=1S/C41H64O17S.Na/c1-20-27(43)29(45)30(46)32(54-20)56-31-28(44)23(58-59(50,51)52)19-53-33(31)55-26-12-15-37(6)22-18-25(42)41-34(47)57-39(8,14-9-13-35(2,3)48)40(41,49)17-16-38(41,7)21(22)10-11-24(37)36(26,4)5;/h9,13,18,20-21,23-33,42-46,48-49H,10-12,14-17,19H2,1-8H3,(H,50,51,52);/q;+1/p-1/b13-9+;/t20-,21-,23-,24?,25-,26+,27-,28+,29+,30-,31-,32+,33+,37-,38+,39+,40+,41-;/m1./s1. The number of hydrogen-bond acceptors (Lipinski definition) is 17. The van der Waals surface area contributed by atoms with Crippen molar-refractivity contribution in [3.8, 4) is 0 Å². The van der Waals surface area contributed by atoms with E-state index in [1.165, 1.54) is 6.92 Å². The van der Waals surface area contributed by atoms with Crippen LogP contribution in [0.5, 0.6) is 0 Å². The molecule has 1 spiro atoms. The molecule has 3 aliphatic heterocycles. The van der Waals surface area contributed by atoms with Gasteiger partial charge in [0.25, 0.3) is 0 Å². The molecule has 0 aromatic carbocycles. The van der Waals surface area contributed by atoms with Crippen LogP contribution in [-0.4, -0.2) is 146 Å². The molecule has 60 heavy (non-hydrogen) atoms. The number of aliphatic hydroxyl groups excluding tert-OH is 5. The maximum Gasteiger partial charge on any atom is 1.00 e. The molecule has 4 aliphatic carbocycles. The molecule has 3 saturated carbocycles. The predicted molar refractivity (Wildman–Crippen MR) is 203 cm³/mol. The summed E-state index contributed by atoms with van der Waals surface area (Å²) in [6.45, 7) is 14.1. The van der Waals surface area contributed by atoms with E-state index in [1.807, 2.05) is 6.92 Å². The van der Waals surface area contributed by atoms with E-state index in [2.05, 4.69) is 25.0 Å². The van der Waals surface area contributed by atoms with Gasteiger partial charge in [-0.3, -0.25) is 8.98 Å². The number of cyclic esters (lactones) is 1. The van der Waals surface area contributed by atoms with E-state index < -0.39 is 129 Å². The van der Waals surface area contributed by atoms with Crippen LogP contribution < -0.4 is 29.6 Å². The zero-order valence-corrected chi connectivity index (χ0v) is 38.8. The van der Waals surface area contributed by atoms with Gasteiger partial charge in [0.05, 0.1) is 30.5 Å². The van der Waals surface area contributed by atoms with Crippen molar-refractivity contribution in [2.24, 2.45) is 33.5 Å². The van der Waals surface area contributed by atoms with Gasteiger partial charge in [0.15, 0.2) is 12.6 Å². The zero-order chi connectivity index (χ0) is 43.7. The van der Waals surface area contributed by atoms with Crippen LogP contribution in [0.2, 0.25) is 0 Å². The summed E-state index contributed by atoms with van der Waals surface area (Å²) in [5.74, 6) is -0.840. The molecule has 0 aromatic heterocycles. The van der Waals surface area contributed by atoms with E-state index >= 15 is 0 Å². The molecule has 6 fully saturated rings. The van der Waals surface area contributed by atoms with Crippen molar-refractivity contribution in [2.75, 3.05) is 6.61 Å². The van der Waals surface area contributed by atoms with Gasteiger partial charge in [-0.2, -0.15) is 0 Å². The van der Waals surface area contributed by atoms with Crippen molar-refractivity contribution in [1.82, 2.24) is 0 Å². The molecule has 0 radical (unpaired) electrons. The Hall–Kier alpha value is -0.620. The van der Waals surface area contributed by atoms with Crippen LogP contribution in [0, 0.1) is 33.5 Å². The molecule has 3 saturated heterocycles. The van der Waals surface area contributed by atoms with E-state index in [9.17, 15) is 53.5 Å². The summed E-state index contributed by atoms with van der Waals surface area (Å²) in [6.07, 6.45) is -7.66. The van der Waals surface area contributed by atoms with E-state index in [-0.39, 0.29) is 54.2 Å². The quantitative estimate of drug-likeness (QED) is 0.0325. The second kappa shape index (κ2) is 16.1. The van der Waals surface area contributed by atoms with Gasteiger partial charge in [-0.15, -0.1) is 0 Å². The van der Waals surface area contributed by atoms with Gasteiger partial charge in [0.2, 0.25) is 10.4 Å². The van der Waals surface area contributed by atoms with Crippen LogP contribution in [-0.2, 0) is 43.1 Å². The molecule has 7 rings (SSSR count). The number of hydrogen-bond donors (Lipinski definition) is 7. The number of allylic oxidation sites excluding steroid dienone is 1.